The predicted octanol–water partition coefficient (Wildman–Crippen LogP) is 0.267. The van der Waals surface area contributed by atoms with Gasteiger partial charge in [0.1, 0.15) is 6.54 Å². The minimum Gasteiger partial charge on any atom is -0.465 e. The van der Waals surface area contributed by atoms with Gasteiger partial charge in [-0.05, 0) is 24.5 Å². The molecule has 1 aromatic rings. The van der Waals surface area contributed by atoms with Crippen molar-refractivity contribution in [2.75, 3.05) is 13.2 Å². The third-order valence-corrected chi connectivity index (χ3v) is 4.37. The molecule has 8 heteroatoms. The van der Waals surface area contributed by atoms with Gasteiger partial charge in [0.05, 0.1) is 13.0 Å². The van der Waals surface area contributed by atoms with E-state index in [0.29, 0.717) is 12.8 Å². The van der Waals surface area contributed by atoms with E-state index in [0.717, 1.165) is 11.1 Å². The van der Waals surface area contributed by atoms with E-state index in [-0.39, 0.29) is 13.0 Å². The molecule has 0 unspecified atom stereocenters. The average molecular weight is 361 g/mol. The van der Waals surface area contributed by atoms with E-state index in [9.17, 15) is 19.2 Å². The molecule has 3 rings (SSSR count). The number of aryl methyl sites for hydroxylation is 1. The third-order valence-electron chi connectivity index (χ3n) is 4.37. The minimum atomic E-state index is -1.74. The summed E-state index contributed by atoms with van der Waals surface area (Å²) in [5.41, 5.74) is 2.05. The standard InChI is InChI=1S/C18H19NO7/c1-2-24-13(20)10-19-15(21)14-16(22)25-18(26-17(14)23)8-7-11-5-3-4-6-12(11)9-18/h3-6,14H,2,7-10H2,1H3,(H,19,21). The lowest BCUT2D eigenvalue weighted by Crippen LogP contribution is -2.56. The molecule has 1 spiro atoms. The van der Waals surface area contributed by atoms with Crippen molar-refractivity contribution in [2.24, 2.45) is 5.92 Å². The summed E-state index contributed by atoms with van der Waals surface area (Å²) < 4.78 is 15.4. The number of fused-ring (bicyclic) bond motifs is 1. The Hall–Kier alpha value is -2.90. The van der Waals surface area contributed by atoms with Gasteiger partial charge in [0.15, 0.2) is 0 Å². The first kappa shape index (κ1) is 17.9. The van der Waals surface area contributed by atoms with Crippen LogP contribution in [0.1, 0.15) is 24.5 Å². The number of amides is 1. The second-order valence-corrected chi connectivity index (χ2v) is 6.15. The van der Waals surface area contributed by atoms with Crippen molar-refractivity contribution in [2.45, 2.75) is 32.0 Å². The summed E-state index contributed by atoms with van der Waals surface area (Å²) in [5, 5.41) is 2.19. The van der Waals surface area contributed by atoms with Crippen LogP contribution in [0.3, 0.4) is 0 Å². The predicted molar refractivity (Wildman–Crippen MR) is 86.5 cm³/mol. The highest BCUT2D eigenvalue weighted by Crippen LogP contribution is 2.36. The molecule has 0 bridgehead atoms. The fourth-order valence-corrected chi connectivity index (χ4v) is 3.14. The number of benzene rings is 1. The molecule has 138 valence electrons. The topological polar surface area (TPSA) is 108 Å². The van der Waals surface area contributed by atoms with Crippen LogP contribution in [0.5, 0.6) is 0 Å². The second-order valence-electron chi connectivity index (χ2n) is 6.15. The first-order chi connectivity index (χ1) is 12.4. The van der Waals surface area contributed by atoms with Gasteiger partial charge in [-0.25, -0.2) is 0 Å². The van der Waals surface area contributed by atoms with Gasteiger partial charge >= 0.3 is 17.9 Å². The quantitative estimate of drug-likeness (QED) is 0.606. The van der Waals surface area contributed by atoms with Crippen LogP contribution >= 0.6 is 0 Å². The zero-order chi connectivity index (χ0) is 18.7. The fraction of sp³-hybridized carbons (Fsp3) is 0.444. The van der Waals surface area contributed by atoms with Crippen molar-refractivity contribution in [3.05, 3.63) is 35.4 Å². The van der Waals surface area contributed by atoms with Crippen LogP contribution in [0, 0.1) is 5.92 Å². The molecule has 0 radical (unpaired) electrons. The van der Waals surface area contributed by atoms with Crippen LogP contribution in [-0.2, 0) is 46.2 Å². The lowest BCUT2D eigenvalue weighted by Gasteiger charge is -2.40. The zero-order valence-corrected chi connectivity index (χ0v) is 14.3. The normalized spacial score (nSPS) is 24.3. The van der Waals surface area contributed by atoms with Crippen molar-refractivity contribution in [1.82, 2.24) is 5.32 Å². The molecule has 0 saturated carbocycles. The van der Waals surface area contributed by atoms with E-state index >= 15 is 0 Å². The van der Waals surface area contributed by atoms with E-state index in [1.54, 1.807) is 6.92 Å². The van der Waals surface area contributed by atoms with Gasteiger partial charge in [0.2, 0.25) is 11.8 Å². The van der Waals surface area contributed by atoms with Crippen LogP contribution in [-0.4, -0.2) is 42.8 Å². The Bertz CT molecular complexity index is 740. The van der Waals surface area contributed by atoms with E-state index in [1.165, 1.54) is 0 Å². The van der Waals surface area contributed by atoms with Gasteiger partial charge in [-0.3, -0.25) is 19.2 Å². The number of esters is 3. The molecule has 1 heterocycles. The molecule has 1 N–H and O–H groups in total. The van der Waals surface area contributed by atoms with Crippen molar-refractivity contribution in [3.8, 4) is 0 Å². The number of carbonyl (C=O) groups excluding carboxylic acids is 4. The van der Waals surface area contributed by atoms with Crippen molar-refractivity contribution >= 4 is 23.8 Å². The van der Waals surface area contributed by atoms with Gasteiger partial charge in [-0.1, -0.05) is 24.3 Å². The third kappa shape index (κ3) is 3.54. The van der Waals surface area contributed by atoms with Gasteiger partial charge in [0, 0.05) is 6.42 Å². The molecule has 8 nitrogen and oxygen atoms in total. The molecule has 26 heavy (non-hydrogen) atoms. The molecule has 1 fully saturated rings. The molecule has 1 aliphatic heterocycles. The molecule has 2 aliphatic rings. The first-order valence-corrected chi connectivity index (χ1v) is 8.40. The fourth-order valence-electron chi connectivity index (χ4n) is 3.14. The maximum Gasteiger partial charge on any atom is 0.333 e. The lowest BCUT2D eigenvalue weighted by molar-refractivity contribution is -0.253. The van der Waals surface area contributed by atoms with Crippen molar-refractivity contribution in [1.29, 1.82) is 0 Å². The van der Waals surface area contributed by atoms with Gasteiger partial charge in [0.25, 0.3) is 5.79 Å². The minimum absolute atomic E-state index is 0.159. The number of rotatable bonds is 4. The summed E-state index contributed by atoms with van der Waals surface area (Å²) in [6.07, 6.45) is 1.17. The van der Waals surface area contributed by atoms with E-state index in [4.69, 9.17) is 9.47 Å². The van der Waals surface area contributed by atoms with Crippen molar-refractivity contribution in [3.63, 3.8) is 0 Å². The Morgan fingerprint density at radius 3 is 2.50 bits per heavy atom. The average Bonchev–Trinajstić information content (AvgIpc) is 2.59. The molecule has 1 amide bonds. The van der Waals surface area contributed by atoms with Crippen molar-refractivity contribution < 1.29 is 33.4 Å². The van der Waals surface area contributed by atoms with Gasteiger partial charge in [-0.15, -0.1) is 0 Å². The lowest BCUT2D eigenvalue weighted by atomic mass is 9.86. The number of hydrogen-bond donors (Lipinski definition) is 1. The summed E-state index contributed by atoms with van der Waals surface area (Å²) in [6.45, 7) is 1.34. The second kappa shape index (κ2) is 7.15. The summed E-state index contributed by atoms with van der Waals surface area (Å²) in [7, 11) is 0. The monoisotopic (exact) mass is 361 g/mol. The number of nitrogens with one attached hydrogen (secondary N) is 1. The van der Waals surface area contributed by atoms with Crippen LogP contribution in [0.25, 0.3) is 0 Å². The van der Waals surface area contributed by atoms with E-state index in [2.05, 4.69) is 10.1 Å². The number of carbonyl (C=O) groups is 4. The highest BCUT2D eigenvalue weighted by Gasteiger charge is 2.52. The first-order valence-electron chi connectivity index (χ1n) is 8.40. The number of hydrogen-bond acceptors (Lipinski definition) is 7. The number of ether oxygens (including phenoxy) is 3. The van der Waals surface area contributed by atoms with Gasteiger partial charge in [-0.2, -0.15) is 0 Å². The Labute approximate surface area is 149 Å². The Morgan fingerprint density at radius 2 is 1.85 bits per heavy atom. The maximum atomic E-state index is 12.3. The molecular formula is C18H19NO7. The molecule has 1 aliphatic carbocycles. The molecule has 1 aromatic carbocycles. The van der Waals surface area contributed by atoms with Crippen LogP contribution in [0.15, 0.2) is 24.3 Å². The molecular weight excluding hydrogens is 342 g/mol. The highest BCUT2D eigenvalue weighted by molar-refractivity contribution is 6.15. The van der Waals surface area contributed by atoms with Crippen LogP contribution in [0.4, 0.5) is 0 Å². The Kier molecular flexibility index (Phi) is 4.92. The van der Waals surface area contributed by atoms with Crippen LogP contribution < -0.4 is 5.32 Å². The zero-order valence-electron chi connectivity index (χ0n) is 14.3. The molecule has 1 saturated heterocycles. The summed E-state index contributed by atoms with van der Waals surface area (Å²) >= 11 is 0. The largest absolute Gasteiger partial charge is 0.465 e. The maximum absolute atomic E-state index is 12.3. The molecule has 0 atom stereocenters. The Balaban J connectivity index is 1.67. The molecule has 0 aromatic heterocycles. The van der Waals surface area contributed by atoms with Crippen LogP contribution in [0.2, 0.25) is 0 Å². The van der Waals surface area contributed by atoms with Gasteiger partial charge < -0.3 is 19.5 Å². The SMILES string of the molecule is CCOC(=O)CNC(=O)C1C(=O)OC2(CCc3ccccc3C2)OC1=O. The summed E-state index contributed by atoms with van der Waals surface area (Å²) in [4.78, 5) is 48.0. The summed E-state index contributed by atoms with van der Waals surface area (Å²) in [6, 6.07) is 7.63. The van der Waals surface area contributed by atoms with E-state index in [1.807, 2.05) is 24.3 Å². The smallest absolute Gasteiger partial charge is 0.333 e. The Morgan fingerprint density at radius 1 is 1.19 bits per heavy atom. The van der Waals surface area contributed by atoms with E-state index < -0.39 is 42.1 Å². The summed E-state index contributed by atoms with van der Waals surface area (Å²) in [5.74, 6) is -6.67. The highest BCUT2D eigenvalue weighted by atomic mass is 16.7.